The average Bonchev–Trinajstić information content (AvgIpc) is 2.80. The Bertz CT molecular complexity index is 688. The van der Waals surface area contributed by atoms with E-state index in [0.29, 0.717) is 12.8 Å². The molecule has 1 heterocycles. The Morgan fingerprint density at radius 2 is 1.80 bits per heavy atom. The van der Waals surface area contributed by atoms with Gasteiger partial charge < -0.3 is 10.6 Å². The highest BCUT2D eigenvalue weighted by atomic mass is 16.2. The lowest BCUT2D eigenvalue weighted by Crippen LogP contribution is -2.48. The van der Waals surface area contributed by atoms with Crippen LogP contribution in [-0.2, 0) is 9.59 Å². The van der Waals surface area contributed by atoms with Crippen LogP contribution in [0, 0.1) is 13.8 Å². The minimum atomic E-state index is -0.724. The van der Waals surface area contributed by atoms with Gasteiger partial charge in [-0.3, -0.25) is 14.5 Å². The second kappa shape index (κ2) is 6.86. The monoisotopic (exact) mass is 343 g/mol. The van der Waals surface area contributed by atoms with E-state index in [1.165, 1.54) is 4.90 Å². The van der Waals surface area contributed by atoms with Crippen LogP contribution in [0.1, 0.15) is 49.7 Å². The Morgan fingerprint density at radius 3 is 2.44 bits per heavy atom. The molecule has 1 aliphatic carbocycles. The van der Waals surface area contributed by atoms with Crippen LogP contribution in [0.25, 0.3) is 0 Å². The van der Waals surface area contributed by atoms with Crippen LogP contribution in [0.5, 0.6) is 0 Å². The first-order chi connectivity index (χ1) is 11.9. The minimum absolute atomic E-state index is 0.100. The smallest absolute Gasteiger partial charge is 0.325 e. The fourth-order valence-corrected chi connectivity index (χ4v) is 3.80. The van der Waals surface area contributed by atoms with Crippen molar-refractivity contribution in [2.24, 2.45) is 0 Å². The highest BCUT2D eigenvalue weighted by Gasteiger charge is 2.51. The second-order valence-electron chi connectivity index (χ2n) is 7.09. The summed E-state index contributed by atoms with van der Waals surface area (Å²) in [5, 5.41) is 5.76. The van der Waals surface area contributed by atoms with E-state index in [2.05, 4.69) is 10.6 Å². The third kappa shape index (κ3) is 3.38. The van der Waals surface area contributed by atoms with Gasteiger partial charge in [0.15, 0.2) is 0 Å². The predicted octanol–water partition coefficient (Wildman–Crippen LogP) is 2.89. The number of aryl methyl sites for hydroxylation is 2. The molecule has 1 spiro atoms. The first-order valence-corrected chi connectivity index (χ1v) is 8.93. The summed E-state index contributed by atoms with van der Waals surface area (Å²) in [5.41, 5.74) is 2.06. The van der Waals surface area contributed by atoms with Crippen LogP contribution < -0.4 is 10.6 Å². The number of carbonyl (C=O) groups excluding carboxylic acids is 3. The van der Waals surface area contributed by atoms with Gasteiger partial charge in [-0.05, 0) is 37.8 Å². The van der Waals surface area contributed by atoms with Crippen LogP contribution in [-0.4, -0.2) is 34.8 Å². The summed E-state index contributed by atoms with van der Waals surface area (Å²) in [4.78, 5) is 38.4. The van der Waals surface area contributed by atoms with Crippen molar-refractivity contribution in [2.45, 2.75) is 57.9 Å². The Kier molecular flexibility index (Phi) is 4.79. The molecule has 0 atom stereocenters. The molecule has 0 bridgehead atoms. The molecule has 6 nitrogen and oxygen atoms in total. The Morgan fingerprint density at radius 1 is 1.16 bits per heavy atom. The summed E-state index contributed by atoms with van der Waals surface area (Å²) >= 11 is 0. The van der Waals surface area contributed by atoms with Crippen molar-refractivity contribution in [1.82, 2.24) is 10.2 Å². The van der Waals surface area contributed by atoms with Gasteiger partial charge in [0, 0.05) is 18.7 Å². The third-order valence-corrected chi connectivity index (χ3v) is 5.26. The lowest BCUT2D eigenvalue weighted by atomic mass is 9.82. The molecule has 2 fully saturated rings. The van der Waals surface area contributed by atoms with Crippen LogP contribution in [0.15, 0.2) is 18.2 Å². The van der Waals surface area contributed by atoms with E-state index < -0.39 is 5.54 Å². The summed E-state index contributed by atoms with van der Waals surface area (Å²) in [7, 11) is 0. The molecule has 1 aliphatic heterocycles. The molecule has 25 heavy (non-hydrogen) atoms. The Labute approximate surface area is 148 Å². The van der Waals surface area contributed by atoms with Crippen molar-refractivity contribution >= 4 is 23.5 Å². The molecular weight excluding hydrogens is 318 g/mol. The van der Waals surface area contributed by atoms with Gasteiger partial charge in [-0.1, -0.05) is 37.5 Å². The lowest BCUT2D eigenvalue weighted by molar-refractivity contribution is -0.132. The average molecular weight is 343 g/mol. The van der Waals surface area contributed by atoms with E-state index >= 15 is 0 Å². The van der Waals surface area contributed by atoms with Crippen molar-refractivity contribution in [3.05, 3.63) is 29.3 Å². The maximum Gasteiger partial charge on any atom is 0.325 e. The topological polar surface area (TPSA) is 78.5 Å². The zero-order valence-corrected chi connectivity index (χ0v) is 14.9. The highest BCUT2D eigenvalue weighted by Crippen LogP contribution is 2.33. The van der Waals surface area contributed by atoms with Gasteiger partial charge in [0.2, 0.25) is 5.91 Å². The van der Waals surface area contributed by atoms with Crippen molar-refractivity contribution in [1.29, 1.82) is 0 Å². The lowest BCUT2D eigenvalue weighted by Gasteiger charge is -2.30. The zero-order chi connectivity index (χ0) is 18.0. The molecule has 1 aromatic carbocycles. The van der Waals surface area contributed by atoms with Gasteiger partial charge in [0.25, 0.3) is 5.91 Å². The van der Waals surface area contributed by atoms with Gasteiger partial charge in [-0.15, -0.1) is 0 Å². The molecule has 4 amide bonds. The normalized spacial score (nSPS) is 19.2. The standard InChI is InChI=1S/C19H25N3O3/c1-13-7-6-8-14(2)16(13)20-15(23)9-12-22-17(24)19(21-18(22)25)10-4-3-5-11-19/h6-8H,3-5,9-12H2,1-2H3,(H,20,23)(H,21,25). The summed E-state index contributed by atoms with van der Waals surface area (Å²) in [6.07, 6.45) is 4.50. The second-order valence-corrected chi connectivity index (χ2v) is 7.09. The van der Waals surface area contributed by atoms with Gasteiger partial charge in [-0.2, -0.15) is 0 Å². The molecule has 1 aromatic rings. The Hall–Kier alpha value is -2.37. The number of hydrogen-bond donors (Lipinski definition) is 2. The van der Waals surface area contributed by atoms with E-state index in [1.807, 2.05) is 32.0 Å². The number of urea groups is 1. The van der Waals surface area contributed by atoms with Gasteiger partial charge in [0.1, 0.15) is 5.54 Å². The summed E-state index contributed by atoms with van der Waals surface area (Å²) in [5.74, 6) is -0.361. The number of anilines is 1. The molecule has 0 unspecified atom stereocenters. The molecule has 134 valence electrons. The molecule has 0 aromatic heterocycles. The number of carbonyl (C=O) groups is 3. The third-order valence-electron chi connectivity index (χ3n) is 5.26. The first kappa shape index (κ1) is 17.5. The SMILES string of the molecule is Cc1cccc(C)c1NC(=O)CCN1C(=O)NC2(CCCCC2)C1=O. The van der Waals surface area contributed by atoms with Crippen LogP contribution in [0.4, 0.5) is 10.5 Å². The summed E-state index contributed by atoms with van der Waals surface area (Å²) in [6, 6.07) is 5.45. The molecular formula is C19H25N3O3. The number of rotatable bonds is 4. The maximum atomic E-state index is 12.7. The van der Waals surface area contributed by atoms with Crippen molar-refractivity contribution in [3.8, 4) is 0 Å². The van der Waals surface area contributed by atoms with Crippen LogP contribution in [0.2, 0.25) is 0 Å². The molecule has 1 saturated carbocycles. The number of para-hydroxylation sites is 1. The van der Waals surface area contributed by atoms with Crippen molar-refractivity contribution in [3.63, 3.8) is 0 Å². The van der Waals surface area contributed by atoms with Gasteiger partial charge in [-0.25, -0.2) is 4.79 Å². The van der Waals surface area contributed by atoms with Crippen molar-refractivity contribution in [2.75, 3.05) is 11.9 Å². The Balaban J connectivity index is 1.60. The van der Waals surface area contributed by atoms with E-state index in [-0.39, 0.29) is 30.8 Å². The molecule has 2 N–H and O–H groups in total. The van der Waals surface area contributed by atoms with E-state index in [0.717, 1.165) is 36.1 Å². The molecule has 6 heteroatoms. The highest BCUT2D eigenvalue weighted by molar-refractivity contribution is 6.07. The summed E-state index contributed by atoms with van der Waals surface area (Å²) < 4.78 is 0. The number of benzene rings is 1. The number of imide groups is 1. The van der Waals surface area contributed by atoms with E-state index in [1.54, 1.807) is 0 Å². The molecule has 0 radical (unpaired) electrons. The van der Waals surface area contributed by atoms with Gasteiger partial charge in [0.05, 0.1) is 0 Å². The van der Waals surface area contributed by atoms with Crippen LogP contribution in [0.3, 0.4) is 0 Å². The van der Waals surface area contributed by atoms with Gasteiger partial charge >= 0.3 is 6.03 Å². The maximum absolute atomic E-state index is 12.7. The van der Waals surface area contributed by atoms with Crippen LogP contribution >= 0.6 is 0 Å². The quantitative estimate of drug-likeness (QED) is 0.825. The molecule has 3 rings (SSSR count). The molecule has 1 saturated heterocycles. The summed E-state index contributed by atoms with van der Waals surface area (Å²) in [6.45, 7) is 3.99. The first-order valence-electron chi connectivity index (χ1n) is 8.93. The van der Waals surface area contributed by atoms with E-state index in [4.69, 9.17) is 0 Å². The fourth-order valence-electron chi connectivity index (χ4n) is 3.80. The van der Waals surface area contributed by atoms with Crippen molar-refractivity contribution < 1.29 is 14.4 Å². The number of hydrogen-bond acceptors (Lipinski definition) is 3. The zero-order valence-electron chi connectivity index (χ0n) is 14.9. The number of nitrogens with zero attached hydrogens (tertiary/aromatic N) is 1. The fraction of sp³-hybridized carbons (Fsp3) is 0.526. The molecule has 2 aliphatic rings. The largest absolute Gasteiger partial charge is 0.326 e. The predicted molar refractivity (Wildman–Crippen MR) is 95.2 cm³/mol. The number of amides is 4. The van der Waals surface area contributed by atoms with E-state index in [9.17, 15) is 14.4 Å². The number of nitrogens with one attached hydrogen (secondary N) is 2. The minimum Gasteiger partial charge on any atom is -0.326 e.